The summed E-state index contributed by atoms with van der Waals surface area (Å²) in [5, 5.41) is 3.12. The van der Waals surface area contributed by atoms with Gasteiger partial charge in [-0.1, -0.05) is 18.6 Å². The molecule has 0 radical (unpaired) electrons. The van der Waals surface area contributed by atoms with E-state index in [1.807, 2.05) is 30.0 Å². The summed E-state index contributed by atoms with van der Waals surface area (Å²) >= 11 is 0. The fourth-order valence-corrected chi connectivity index (χ4v) is 4.31. The highest BCUT2D eigenvalue weighted by Gasteiger charge is 2.34. The number of aryl methyl sites for hydroxylation is 1. The molecule has 1 aromatic carbocycles. The number of nitrogens with one attached hydrogen (secondary N) is 1. The molecule has 6 nitrogen and oxygen atoms in total. The van der Waals surface area contributed by atoms with E-state index in [9.17, 15) is 18.0 Å². The molecule has 1 amide bonds. The minimum atomic E-state index is -4.43. The van der Waals surface area contributed by atoms with E-state index in [2.05, 4.69) is 27.2 Å². The maximum absolute atomic E-state index is 13.7. The van der Waals surface area contributed by atoms with Gasteiger partial charge in [0.25, 0.3) is 5.91 Å². The number of carbonyl (C=O) groups is 1. The molecule has 1 aliphatic heterocycles. The van der Waals surface area contributed by atoms with Gasteiger partial charge in [-0.15, -0.1) is 0 Å². The summed E-state index contributed by atoms with van der Waals surface area (Å²) in [7, 11) is 0. The Hall–Kier alpha value is -3.49. The maximum Gasteiger partial charge on any atom is 0.417 e. The van der Waals surface area contributed by atoms with Crippen LogP contribution in [0.1, 0.15) is 41.3 Å². The molecule has 34 heavy (non-hydrogen) atoms. The summed E-state index contributed by atoms with van der Waals surface area (Å²) in [6, 6.07) is 9.51. The standard InChI is InChI=1S/C25H26F3N5O/c1-16-6-8-19(20(13-16)23-29-10-4-11-30-23)24(34)33-12-3-5-17(2)21(33)15-32-22-9-7-18(14-31-22)25(26,27)28/h4,6-11,13-14,17,21H,3,5,12,15H2,1-2H3,(H,31,32)/t17-,21-/m1/s1. The zero-order valence-electron chi connectivity index (χ0n) is 19.0. The first-order valence-electron chi connectivity index (χ1n) is 11.2. The highest BCUT2D eigenvalue weighted by atomic mass is 19.4. The van der Waals surface area contributed by atoms with Crippen LogP contribution in [-0.4, -0.2) is 44.9 Å². The number of aromatic nitrogens is 3. The minimum Gasteiger partial charge on any atom is -0.368 e. The minimum absolute atomic E-state index is 0.110. The van der Waals surface area contributed by atoms with Gasteiger partial charge in [-0.2, -0.15) is 13.2 Å². The molecular weight excluding hydrogens is 443 g/mol. The van der Waals surface area contributed by atoms with Crippen LogP contribution in [0.25, 0.3) is 11.4 Å². The third kappa shape index (κ3) is 5.18. The monoisotopic (exact) mass is 469 g/mol. The maximum atomic E-state index is 13.7. The van der Waals surface area contributed by atoms with E-state index in [-0.39, 0.29) is 17.9 Å². The smallest absolute Gasteiger partial charge is 0.368 e. The fraction of sp³-hybridized carbons (Fsp3) is 0.360. The second kappa shape index (κ2) is 9.79. The molecule has 2 atom stereocenters. The molecule has 0 spiro atoms. The van der Waals surface area contributed by atoms with Crippen molar-refractivity contribution in [1.29, 1.82) is 0 Å². The molecule has 0 aliphatic carbocycles. The van der Waals surface area contributed by atoms with E-state index >= 15 is 0 Å². The molecular formula is C25H26F3N5O. The van der Waals surface area contributed by atoms with Crippen LogP contribution in [-0.2, 0) is 6.18 Å². The molecule has 0 bridgehead atoms. The van der Waals surface area contributed by atoms with Crippen LogP contribution in [0.3, 0.4) is 0 Å². The molecule has 9 heteroatoms. The predicted octanol–water partition coefficient (Wildman–Crippen LogP) is 5.22. The van der Waals surface area contributed by atoms with Crippen molar-refractivity contribution in [3.63, 3.8) is 0 Å². The number of anilines is 1. The molecule has 178 valence electrons. The van der Waals surface area contributed by atoms with Gasteiger partial charge in [-0.25, -0.2) is 15.0 Å². The van der Waals surface area contributed by atoms with Crippen molar-refractivity contribution in [3.05, 3.63) is 71.7 Å². The summed E-state index contributed by atoms with van der Waals surface area (Å²) in [6.45, 7) is 5.02. The van der Waals surface area contributed by atoms with Crippen LogP contribution < -0.4 is 5.32 Å². The van der Waals surface area contributed by atoms with E-state index in [0.717, 1.165) is 30.7 Å². The summed E-state index contributed by atoms with van der Waals surface area (Å²) in [6.07, 6.45) is 1.51. The molecule has 0 unspecified atom stereocenters. The van der Waals surface area contributed by atoms with Gasteiger partial charge in [-0.05, 0) is 56.0 Å². The molecule has 1 aliphatic rings. The summed E-state index contributed by atoms with van der Waals surface area (Å²) in [4.78, 5) is 28.1. The quantitative estimate of drug-likeness (QED) is 0.555. The SMILES string of the molecule is Cc1ccc(C(=O)N2CCC[C@@H](C)[C@H]2CNc2ccc(C(F)(F)F)cn2)c(-c2ncccn2)c1. The van der Waals surface area contributed by atoms with Crippen molar-refractivity contribution in [2.75, 3.05) is 18.4 Å². The first-order chi connectivity index (χ1) is 16.2. The Balaban J connectivity index is 1.56. The van der Waals surface area contributed by atoms with Gasteiger partial charge in [0.2, 0.25) is 0 Å². The van der Waals surface area contributed by atoms with Crippen molar-refractivity contribution < 1.29 is 18.0 Å². The fourth-order valence-electron chi connectivity index (χ4n) is 4.31. The van der Waals surface area contributed by atoms with Crippen LogP contribution >= 0.6 is 0 Å². The molecule has 1 saturated heterocycles. The number of nitrogens with zero attached hydrogens (tertiary/aromatic N) is 4. The topological polar surface area (TPSA) is 71.0 Å². The van der Waals surface area contributed by atoms with Gasteiger partial charge >= 0.3 is 6.18 Å². The van der Waals surface area contributed by atoms with Crippen molar-refractivity contribution >= 4 is 11.7 Å². The molecule has 3 aromatic rings. The lowest BCUT2D eigenvalue weighted by Gasteiger charge is -2.40. The number of benzene rings is 1. The Labute approximate surface area is 196 Å². The number of alkyl halides is 3. The molecule has 4 rings (SSSR count). The van der Waals surface area contributed by atoms with E-state index in [1.165, 1.54) is 6.07 Å². The molecule has 1 N–H and O–H groups in total. The van der Waals surface area contributed by atoms with Gasteiger partial charge < -0.3 is 10.2 Å². The highest BCUT2D eigenvalue weighted by Crippen LogP contribution is 2.30. The Bertz CT molecular complexity index is 1140. The first-order valence-corrected chi connectivity index (χ1v) is 11.2. The zero-order chi connectivity index (χ0) is 24.3. The average molecular weight is 470 g/mol. The average Bonchev–Trinajstić information content (AvgIpc) is 2.83. The van der Waals surface area contributed by atoms with Gasteiger partial charge in [-0.3, -0.25) is 4.79 Å². The molecule has 3 heterocycles. The predicted molar refractivity (Wildman–Crippen MR) is 123 cm³/mol. The zero-order valence-corrected chi connectivity index (χ0v) is 19.0. The number of piperidine rings is 1. The number of likely N-dealkylation sites (tertiary alicyclic amines) is 1. The lowest BCUT2D eigenvalue weighted by Crippen LogP contribution is -2.51. The van der Waals surface area contributed by atoms with Crippen LogP contribution in [0.5, 0.6) is 0 Å². The Morgan fingerprint density at radius 3 is 2.59 bits per heavy atom. The van der Waals surface area contributed by atoms with E-state index in [1.54, 1.807) is 18.5 Å². The third-order valence-electron chi connectivity index (χ3n) is 6.17. The van der Waals surface area contributed by atoms with Crippen LogP contribution in [0.2, 0.25) is 0 Å². The van der Waals surface area contributed by atoms with Crippen LogP contribution in [0, 0.1) is 12.8 Å². The summed E-state index contributed by atoms with van der Waals surface area (Å²) in [5.41, 5.74) is 1.41. The number of hydrogen-bond donors (Lipinski definition) is 1. The van der Waals surface area contributed by atoms with Gasteiger partial charge in [0.15, 0.2) is 5.82 Å². The normalized spacial score (nSPS) is 18.6. The van der Waals surface area contributed by atoms with Crippen molar-refractivity contribution in [2.45, 2.75) is 38.9 Å². The van der Waals surface area contributed by atoms with Crippen LogP contribution in [0.15, 0.2) is 55.0 Å². The molecule has 2 aromatic heterocycles. The van der Waals surface area contributed by atoms with E-state index in [0.29, 0.717) is 35.9 Å². The van der Waals surface area contributed by atoms with Crippen LogP contribution in [0.4, 0.5) is 19.0 Å². The second-order valence-corrected chi connectivity index (χ2v) is 8.62. The van der Waals surface area contributed by atoms with Crippen molar-refractivity contribution in [2.24, 2.45) is 5.92 Å². The largest absolute Gasteiger partial charge is 0.417 e. The Morgan fingerprint density at radius 2 is 1.91 bits per heavy atom. The summed E-state index contributed by atoms with van der Waals surface area (Å²) in [5.74, 6) is 0.929. The third-order valence-corrected chi connectivity index (χ3v) is 6.17. The van der Waals surface area contributed by atoms with E-state index in [4.69, 9.17) is 0 Å². The lowest BCUT2D eigenvalue weighted by atomic mass is 9.89. The highest BCUT2D eigenvalue weighted by molar-refractivity contribution is 6.00. The number of halogens is 3. The molecule has 1 fully saturated rings. The summed E-state index contributed by atoms with van der Waals surface area (Å²) < 4.78 is 38.4. The number of rotatable bonds is 5. The first kappa shape index (κ1) is 23.7. The van der Waals surface area contributed by atoms with Gasteiger partial charge in [0.1, 0.15) is 5.82 Å². The van der Waals surface area contributed by atoms with E-state index < -0.39 is 11.7 Å². The number of hydrogen-bond acceptors (Lipinski definition) is 5. The number of pyridine rings is 1. The molecule has 0 saturated carbocycles. The Kier molecular flexibility index (Phi) is 6.81. The van der Waals surface area contributed by atoms with Crippen molar-refractivity contribution in [1.82, 2.24) is 19.9 Å². The number of carbonyl (C=O) groups excluding carboxylic acids is 1. The van der Waals surface area contributed by atoms with Gasteiger partial charge in [0.05, 0.1) is 17.2 Å². The number of amides is 1. The Morgan fingerprint density at radius 1 is 1.15 bits per heavy atom. The lowest BCUT2D eigenvalue weighted by molar-refractivity contribution is -0.137. The van der Waals surface area contributed by atoms with Gasteiger partial charge in [0, 0.05) is 37.2 Å². The van der Waals surface area contributed by atoms with Crippen molar-refractivity contribution in [3.8, 4) is 11.4 Å². The second-order valence-electron chi connectivity index (χ2n) is 8.62.